The van der Waals surface area contributed by atoms with Gasteiger partial charge in [-0.25, -0.2) is 31.9 Å². The van der Waals surface area contributed by atoms with Gasteiger partial charge in [0.2, 0.25) is 10.0 Å². The Kier molecular flexibility index (Phi) is 5.49. The molecule has 4 rings (SSSR count). The van der Waals surface area contributed by atoms with Crippen LogP contribution in [0, 0.1) is 11.3 Å². The first kappa shape index (κ1) is 21.3. The summed E-state index contributed by atoms with van der Waals surface area (Å²) in [6.45, 7) is 3.41. The first-order valence-electron chi connectivity index (χ1n) is 9.93. The number of nitriles is 1. The van der Waals surface area contributed by atoms with Crippen molar-refractivity contribution >= 4 is 20.9 Å². The predicted octanol–water partition coefficient (Wildman–Crippen LogP) is 4.32. The largest absolute Gasteiger partial charge is 0.334 e. The molecule has 1 aromatic carbocycles. The minimum absolute atomic E-state index is 0.0436. The van der Waals surface area contributed by atoms with Crippen LogP contribution in [0.25, 0.3) is 22.4 Å². The number of aromatic nitrogens is 3. The van der Waals surface area contributed by atoms with E-state index in [2.05, 4.69) is 20.8 Å². The number of rotatable bonds is 6. The third-order valence-electron chi connectivity index (χ3n) is 5.37. The van der Waals surface area contributed by atoms with Gasteiger partial charge in [0.1, 0.15) is 16.7 Å². The van der Waals surface area contributed by atoms with Crippen molar-refractivity contribution in [2.75, 3.05) is 0 Å². The van der Waals surface area contributed by atoms with Gasteiger partial charge in [-0.15, -0.1) is 0 Å². The Morgan fingerprint density at radius 1 is 1.23 bits per heavy atom. The maximum atomic E-state index is 13.3. The van der Waals surface area contributed by atoms with E-state index in [0.717, 1.165) is 19.3 Å². The lowest BCUT2D eigenvalue weighted by Gasteiger charge is -2.29. The minimum atomic E-state index is -3.76. The number of nitrogens with zero attached hydrogens (tertiary/aromatic N) is 4. The Balaban J connectivity index is 1.90. The summed E-state index contributed by atoms with van der Waals surface area (Å²) < 4.78 is 55.7. The van der Waals surface area contributed by atoms with Crippen molar-refractivity contribution in [3.8, 4) is 17.6 Å². The highest BCUT2D eigenvalue weighted by molar-refractivity contribution is 7.89. The summed E-state index contributed by atoms with van der Waals surface area (Å²) in [6, 6.07) is 6.17. The first-order valence-corrected chi connectivity index (χ1v) is 11.4. The van der Waals surface area contributed by atoms with Crippen LogP contribution in [0.5, 0.6) is 0 Å². The lowest BCUT2D eigenvalue weighted by Crippen LogP contribution is -2.30. The molecule has 162 valence electrons. The molecule has 31 heavy (non-hydrogen) atoms. The molecule has 7 nitrogen and oxygen atoms in total. The van der Waals surface area contributed by atoms with E-state index >= 15 is 0 Å². The van der Waals surface area contributed by atoms with Crippen molar-refractivity contribution in [1.82, 2.24) is 19.3 Å². The van der Waals surface area contributed by atoms with Crippen LogP contribution < -0.4 is 4.72 Å². The summed E-state index contributed by atoms with van der Waals surface area (Å²) in [4.78, 5) is 8.38. The zero-order valence-electron chi connectivity index (χ0n) is 17.0. The number of fused-ring (bicyclic) bond motifs is 1. The zero-order valence-corrected chi connectivity index (χ0v) is 17.8. The Morgan fingerprint density at radius 2 is 1.90 bits per heavy atom. The minimum Gasteiger partial charge on any atom is -0.334 e. The fourth-order valence-corrected chi connectivity index (χ4v) is 4.92. The lowest BCUT2D eigenvalue weighted by molar-refractivity contribution is 0.151. The fraction of sp³-hybridized carbons (Fsp3) is 0.381. The van der Waals surface area contributed by atoms with E-state index in [1.54, 1.807) is 13.8 Å². The van der Waals surface area contributed by atoms with Gasteiger partial charge in [0.25, 0.3) is 6.43 Å². The molecule has 2 aromatic heterocycles. The maximum absolute atomic E-state index is 13.3. The van der Waals surface area contributed by atoms with Crippen LogP contribution in [0.3, 0.4) is 0 Å². The van der Waals surface area contributed by atoms with Crippen LogP contribution in [-0.2, 0) is 10.0 Å². The highest BCUT2D eigenvalue weighted by Crippen LogP contribution is 2.42. The van der Waals surface area contributed by atoms with Crippen molar-refractivity contribution in [1.29, 1.82) is 5.26 Å². The average molecular weight is 445 g/mol. The third-order valence-corrected chi connectivity index (χ3v) is 6.99. The number of hydrogen-bond donors (Lipinski definition) is 1. The normalized spacial score (nSPS) is 14.9. The molecule has 1 N–H and O–H groups in total. The second kappa shape index (κ2) is 7.98. The van der Waals surface area contributed by atoms with E-state index in [1.165, 1.54) is 30.6 Å². The summed E-state index contributed by atoms with van der Waals surface area (Å²) >= 11 is 0. The van der Waals surface area contributed by atoms with Gasteiger partial charge in [-0.2, -0.15) is 5.26 Å². The number of hydrogen-bond acceptors (Lipinski definition) is 5. The van der Waals surface area contributed by atoms with Crippen molar-refractivity contribution < 1.29 is 17.2 Å². The van der Waals surface area contributed by atoms with E-state index in [0.29, 0.717) is 22.2 Å². The van der Waals surface area contributed by atoms with E-state index in [9.17, 15) is 22.5 Å². The Morgan fingerprint density at radius 3 is 2.42 bits per heavy atom. The van der Waals surface area contributed by atoms with E-state index in [-0.39, 0.29) is 28.4 Å². The SMILES string of the molecule is CC(C)NS(=O)(=O)c1cnc(-c2c(C#N)c3ccc(C(F)F)cc3n2C2CCC2)nc1. The highest BCUT2D eigenvalue weighted by atomic mass is 32.2. The molecule has 2 heterocycles. The maximum Gasteiger partial charge on any atom is 0.263 e. The number of nitrogens with one attached hydrogen (secondary N) is 1. The number of benzene rings is 1. The van der Waals surface area contributed by atoms with Gasteiger partial charge in [0.05, 0.1) is 23.5 Å². The number of halogens is 2. The zero-order chi connectivity index (χ0) is 22.3. The Labute approximate surface area is 178 Å². The summed E-state index contributed by atoms with van der Waals surface area (Å²) in [7, 11) is -3.76. The van der Waals surface area contributed by atoms with E-state index in [4.69, 9.17) is 0 Å². The Bertz CT molecular complexity index is 1270. The van der Waals surface area contributed by atoms with Crippen molar-refractivity contribution in [3.05, 3.63) is 41.7 Å². The van der Waals surface area contributed by atoms with E-state index < -0.39 is 16.4 Å². The summed E-state index contributed by atoms with van der Waals surface area (Å²) in [5.41, 5.74) is 1.13. The van der Waals surface area contributed by atoms with Gasteiger partial charge in [0, 0.05) is 23.0 Å². The van der Waals surface area contributed by atoms with Crippen molar-refractivity contribution in [2.45, 2.75) is 56.5 Å². The molecule has 0 saturated heterocycles. The van der Waals surface area contributed by atoms with Crippen molar-refractivity contribution in [2.24, 2.45) is 0 Å². The van der Waals surface area contributed by atoms with Gasteiger partial charge in [-0.05, 0) is 39.2 Å². The highest BCUT2D eigenvalue weighted by Gasteiger charge is 2.30. The molecular weight excluding hydrogens is 424 g/mol. The molecule has 3 aromatic rings. The molecule has 1 aliphatic rings. The molecule has 0 aliphatic heterocycles. The summed E-state index contributed by atoms with van der Waals surface area (Å²) in [5, 5.41) is 10.4. The van der Waals surface area contributed by atoms with Crippen molar-refractivity contribution in [3.63, 3.8) is 0 Å². The van der Waals surface area contributed by atoms with E-state index in [1.807, 2.05) is 4.57 Å². The molecule has 10 heteroatoms. The van der Waals surface area contributed by atoms with Gasteiger partial charge in [0.15, 0.2) is 5.82 Å². The van der Waals surface area contributed by atoms with Gasteiger partial charge in [-0.3, -0.25) is 0 Å². The summed E-state index contributed by atoms with van der Waals surface area (Å²) in [6.07, 6.45) is 2.47. The lowest BCUT2D eigenvalue weighted by atomic mass is 9.92. The summed E-state index contributed by atoms with van der Waals surface area (Å²) in [5.74, 6) is 0.182. The molecule has 0 bridgehead atoms. The monoisotopic (exact) mass is 445 g/mol. The second-order valence-electron chi connectivity index (χ2n) is 7.89. The topological polar surface area (TPSA) is 101 Å². The van der Waals surface area contributed by atoms with Crippen LogP contribution in [-0.4, -0.2) is 29.0 Å². The standard InChI is InChI=1S/C21H21F2N5O2S/c1-12(2)27-31(29,30)15-10-25-21(26-11-15)19-17(9-24)16-7-6-13(20(22)23)8-18(16)28(19)14-4-3-5-14/h6-8,10-12,14,20,27H,3-5H2,1-2H3. The molecule has 1 aliphatic carbocycles. The first-order chi connectivity index (χ1) is 14.7. The molecule has 0 radical (unpaired) electrons. The third kappa shape index (κ3) is 3.79. The molecule has 1 fully saturated rings. The van der Waals surface area contributed by atoms with Gasteiger partial charge < -0.3 is 4.57 Å². The van der Waals surface area contributed by atoms with Crippen LogP contribution in [0.4, 0.5) is 8.78 Å². The van der Waals surface area contributed by atoms with Gasteiger partial charge >= 0.3 is 0 Å². The Hall–Kier alpha value is -2.90. The molecule has 0 amide bonds. The van der Waals surface area contributed by atoms with Gasteiger partial charge in [-0.1, -0.05) is 12.1 Å². The van der Waals surface area contributed by atoms with Crippen LogP contribution in [0.1, 0.15) is 56.7 Å². The molecular formula is C21H21F2N5O2S. The quantitative estimate of drug-likeness (QED) is 0.609. The predicted molar refractivity (Wildman–Crippen MR) is 111 cm³/mol. The molecule has 0 unspecified atom stereocenters. The van der Waals surface area contributed by atoms with Crippen LogP contribution in [0.2, 0.25) is 0 Å². The molecule has 0 spiro atoms. The average Bonchev–Trinajstić information content (AvgIpc) is 2.99. The van der Waals surface area contributed by atoms with Crippen LogP contribution in [0.15, 0.2) is 35.5 Å². The molecule has 0 atom stereocenters. The molecule has 1 saturated carbocycles. The number of sulfonamides is 1. The number of alkyl halides is 2. The second-order valence-corrected chi connectivity index (χ2v) is 9.60. The van der Waals surface area contributed by atoms with Crippen LogP contribution >= 0.6 is 0 Å². The fourth-order valence-electron chi connectivity index (χ4n) is 3.78. The smallest absolute Gasteiger partial charge is 0.263 e.